The first-order chi connectivity index (χ1) is 9.71. The minimum atomic E-state index is 0.404. The van der Waals surface area contributed by atoms with Crippen molar-refractivity contribution in [3.63, 3.8) is 0 Å². The number of nitrogens with one attached hydrogen (secondary N) is 2. The third kappa shape index (κ3) is 3.94. The highest BCUT2D eigenvalue weighted by atomic mass is 16.5. The van der Waals surface area contributed by atoms with Gasteiger partial charge in [-0.25, -0.2) is 0 Å². The Morgan fingerprint density at radius 2 is 1.85 bits per heavy atom. The number of rotatable bonds is 6. The molecule has 0 saturated carbocycles. The molecule has 1 aromatic carbocycles. The second kappa shape index (κ2) is 6.88. The molecule has 1 aliphatic heterocycles. The van der Waals surface area contributed by atoms with E-state index in [-0.39, 0.29) is 0 Å². The lowest BCUT2D eigenvalue weighted by atomic mass is 10.3. The van der Waals surface area contributed by atoms with Crippen molar-refractivity contribution in [2.75, 3.05) is 33.9 Å². The van der Waals surface area contributed by atoms with E-state index in [4.69, 9.17) is 14.2 Å². The van der Waals surface area contributed by atoms with Gasteiger partial charge < -0.3 is 24.8 Å². The van der Waals surface area contributed by atoms with Gasteiger partial charge in [0.2, 0.25) is 0 Å². The summed E-state index contributed by atoms with van der Waals surface area (Å²) in [5, 5.41) is 6.42. The minimum Gasteiger partial charge on any atom is -0.496 e. The minimum absolute atomic E-state index is 0.404. The largest absolute Gasteiger partial charge is 0.496 e. The molecule has 110 valence electrons. The first kappa shape index (κ1) is 14.3. The third-order valence-corrected chi connectivity index (χ3v) is 2.89. The van der Waals surface area contributed by atoms with Gasteiger partial charge in [0.15, 0.2) is 5.96 Å². The van der Waals surface area contributed by atoms with Crippen LogP contribution in [0.2, 0.25) is 0 Å². The zero-order valence-corrected chi connectivity index (χ0v) is 12.1. The van der Waals surface area contributed by atoms with Crippen molar-refractivity contribution in [1.29, 1.82) is 0 Å². The van der Waals surface area contributed by atoms with Crippen molar-refractivity contribution in [2.45, 2.75) is 13.0 Å². The molecule has 1 aromatic rings. The summed E-state index contributed by atoms with van der Waals surface area (Å²) in [5.41, 5.74) is 0. The topological polar surface area (TPSA) is 64.1 Å². The highest BCUT2D eigenvalue weighted by molar-refractivity contribution is 5.81. The van der Waals surface area contributed by atoms with Crippen molar-refractivity contribution in [2.24, 2.45) is 4.99 Å². The second-order valence-electron chi connectivity index (χ2n) is 4.56. The summed E-state index contributed by atoms with van der Waals surface area (Å²) >= 11 is 0. The van der Waals surface area contributed by atoms with Gasteiger partial charge in [0.05, 0.1) is 27.3 Å². The van der Waals surface area contributed by atoms with Crippen LogP contribution in [-0.4, -0.2) is 45.9 Å². The lowest BCUT2D eigenvalue weighted by molar-refractivity contribution is 0.315. The van der Waals surface area contributed by atoms with Crippen LogP contribution in [0, 0.1) is 0 Å². The van der Waals surface area contributed by atoms with Gasteiger partial charge in [-0.2, -0.15) is 0 Å². The highest BCUT2D eigenvalue weighted by Gasteiger charge is 2.11. The molecule has 1 atom stereocenters. The maximum atomic E-state index is 5.67. The van der Waals surface area contributed by atoms with Crippen molar-refractivity contribution >= 4 is 5.96 Å². The Labute approximate surface area is 119 Å². The number of guanidine groups is 1. The molecule has 0 bridgehead atoms. The third-order valence-electron chi connectivity index (χ3n) is 2.89. The van der Waals surface area contributed by atoms with Crippen LogP contribution in [0.1, 0.15) is 6.92 Å². The number of methoxy groups -OCH3 is 2. The quantitative estimate of drug-likeness (QED) is 0.761. The Morgan fingerprint density at radius 3 is 2.40 bits per heavy atom. The van der Waals surface area contributed by atoms with Crippen LogP contribution in [0.5, 0.6) is 17.2 Å². The van der Waals surface area contributed by atoms with Gasteiger partial charge in [-0.1, -0.05) is 0 Å². The fourth-order valence-electron chi connectivity index (χ4n) is 1.86. The van der Waals surface area contributed by atoms with E-state index in [1.54, 1.807) is 14.2 Å². The molecule has 1 aliphatic rings. The monoisotopic (exact) mass is 279 g/mol. The maximum Gasteiger partial charge on any atom is 0.191 e. The Hall–Kier alpha value is -2.11. The van der Waals surface area contributed by atoms with Gasteiger partial charge in [0.1, 0.15) is 23.9 Å². The molecular weight excluding hydrogens is 258 g/mol. The van der Waals surface area contributed by atoms with Crippen LogP contribution in [0.15, 0.2) is 23.2 Å². The number of hydrogen-bond donors (Lipinski definition) is 2. The summed E-state index contributed by atoms with van der Waals surface area (Å²) in [5.74, 6) is 2.98. The molecule has 0 amide bonds. The molecule has 1 heterocycles. The van der Waals surface area contributed by atoms with Crippen LogP contribution >= 0.6 is 0 Å². The maximum absolute atomic E-state index is 5.67. The average molecular weight is 279 g/mol. The lowest BCUT2D eigenvalue weighted by Gasteiger charge is -2.12. The van der Waals surface area contributed by atoms with Crippen molar-refractivity contribution in [3.05, 3.63) is 18.2 Å². The van der Waals surface area contributed by atoms with E-state index >= 15 is 0 Å². The molecule has 6 heteroatoms. The fraction of sp³-hybridized carbons (Fsp3) is 0.500. The Bertz CT molecular complexity index is 454. The van der Waals surface area contributed by atoms with E-state index in [0.717, 1.165) is 18.3 Å². The molecule has 0 saturated heterocycles. The van der Waals surface area contributed by atoms with E-state index in [2.05, 4.69) is 22.5 Å². The average Bonchev–Trinajstić information content (AvgIpc) is 2.88. The SMILES string of the molecule is COc1cc(OC)cc(OCCNC2=NCC(C)N2)c1. The molecule has 0 aliphatic carbocycles. The number of aliphatic imine (C=N–C) groups is 1. The van der Waals surface area contributed by atoms with Gasteiger partial charge in [-0.3, -0.25) is 4.99 Å². The van der Waals surface area contributed by atoms with E-state index in [9.17, 15) is 0 Å². The van der Waals surface area contributed by atoms with E-state index in [1.807, 2.05) is 18.2 Å². The van der Waals surface area contributed by atoms with Crippen LogP contribution in [0.3, 0.4) is 0 Å². The summed E-state index contributed by atoms with van der Waals surface area (Å²) in [4.78, 5) is 4.31. The molecule has 0 fully saturated rings. The standard InChI is InChI=1S/C14H21N3O3/c1-10-9-16-14(17-10)15-4-5-20-13-7-11(18-2)6-12(8-13)19-3/h6-8,10H,4-5,9H2,1-3H3,(H2,15,16,17). The van der Waals surface area contributed by atoms with Gasteiger partial charge >= 0.3 is 0 Å². The number of hydrogen-bond acceptors (Lipinski definition) is 6. The molecular formula is C14H21N3O3. The number of ether oxygens (including phenoxy) is 3. The van der Waals surface area contributed by atoms with Crippen LogP contribution in [0.4, 0.5) is 0 Å². The van der Waals surface area contributed by atoms with Crippen LogP contribution in [0.25, 0.3) is 0 Å². The lowest BCUT2D eigenvalue weighted by Crippen LogP contribution is -2.39. The smallest absolute Gasteiger partial charge is 0.191 e. The summed E-state index contributed by atoms with van der Waals surface area (Å²) in [6.07, 6.45) is 0. The molecule has 6 nitrogen and oxygen atoms in total. The summed E-state index contributed by atoms with van der Waals surface area (Å²) in [6, 6.07) is 5.87. The summed E-state index contributed by atoms with van der Waals surface area (Å²) in [7, 11) is 3.23. The van der Waals surface area contributed by atoms with Crippen molar-refractivity contribution in [1.82, 2.24) is 10.6 Å². The molecule has 0 aromatic heterocycles. The number of benzene rings is 1. The molecule has 20 heavy (non-hydrogen) atoms. The van der Waals surface area contributed by atoms with Gasteiger partial charge in [0, 0.05) is 24.2 Å². The van der Waals surface area contributed by atoms with Gasteiger partial charge in [0.25, 0.3) is 0 Å². The predicted octanol–water partition coefficient (Wildman–Crippen LogP) is 1.02. The van der Waals surface area contributed by atoms with E-state index in [1.165, 1.54) is 0 Å². The molecule has 1 unspecified atom stereocenters. The fourth-order valence-corrected chi connectivity index (χ4v) is 1.86. The Morgan fingerprint density at radius 1 is 1.20 bits per heavy atom. The summed E-state index contributed by atoms with van der Waals surface area (Å²) < 4.78 is 16.1. The highest BCUT2D eigenvalue weighted by Crippen LogP contribution is 2.27. The van der Waals surface area contributed by atoms with Gasteiger partial charge in [-0.15, -0.1) is 0 Å². The number of nitrogens with zero attached hydrogens (tertiary/aromatic N) is 1. The first-order valence-corrected chi connectivity index (χ1v) is 6.62. The van der Waals surface area contributed by atoms with Crippen molar-refractivity contribution in [3.8, 4) is 17.2 Å². The second-order valence-corrected chi connectivity index (χ2v) is 4.56. The van der Waals surface area contributed by atoms with Crippen molar-refractivity contribution < 1.29 is 14.2 Å². The zero-order valence-electron chi connectivity index (χ0n) is 12.1. The van der Waals surface area contributed by atoms with Gasteiger partial charge in [-0.05, 0) is 6.92 Å². The molecule has 0 spiro atoms. The predicted molar refractivity (Wildman–Crippen MR) is 77.9 cm³/mol. The van der Waals surface area contributed by atoms with E-state index in [0.29, 0.717) is 30.7 Å². The van der Waals surface area contributed by atoms with E-state index < -0.39 is 0 Å². The molecule has 2 N–H and O–H groups in total. The van der Waals surface area contributed by atoms with Crippen LogP contribution in [-0.2, 0) is 0 Å². The Kier molecular flexibility index (Phi) is 4.92. The Balaban J connectivity index is 1.79. The molecule has 0 radical (unpaired) electrons. The zero-order chi connectivity index (χ0) is 14.4. The first-order valence-electron chi connectivity index (χ1n) is 6.62. The summed E-state index contributed by atoms with van der Waals surface area (Å²) in [6.45, 7) is 4.12. The van der Waals surface area contributed by atoms with Crippen LogP contribution < -0.4 is 24.8 Å². The normalized spacial score (nSPS) is 17.1. The molecule has 2 rings (SSSR count).